The molecule has 1 aromatic rings. The van der Waals surface area contributed by atoms with Gasteiger partial charge < -0.3 is 4.74 Å². The highest BCUT2D eigenvalue weighted by molar-refractivity contribution is 6.04. The summed E-state index contributed by atoms with van der Waals surface area (Å²) in [5.41, 5.74) is 4.55. The maximum absolute atomic E-state index is 14.1. The fourth-order valence-corrected chi connectivity index (χ4v) is 12.4. The molecule has 0 saturated heterocycles. The van der Waals surface area contributed by atoms with Gasteiger partial charge in [0.15, 0.2) is 5.78 Å². The Morgan fingerprint density at radius 3 is 2.23 bits per heavy atom. The van der Waals surface area contributed by atoms with Crippen molar-refractivity contribution in [1.29, 1.82) is 0 Å². The smallest absolute Gasteiger partial charge is 0.164 e. The molecule has 0 radical (unpaired) electrons. The molecular weight excluding hydrogens is 488 g/mol. The largest absolute Gasteiger partial charge is 0.497 e. The molecule has 9 atom stereocenters. The standard InChI is InChI=1S/C38H54O2/c1-24(2)28-16-18-35(5)20-21-37(7)29(32(28)35)14-15-31-36(6)23-26(22-25-10-12-27(40-9)13-11-25)33(39)34(3,4)30(36)17-19-38(31,37)8/h10-13,22,28-32H,1,14-21,23H2,2-9H3/b26-22-/t28-,29+,30-,31+,32+,35+,36+,37+,38+/m0/s1. The van der Waals surface area contributed by atoms with E-state index in [1.165, 1.54) is 56.9 Å². The number of allylic oxidation sites excluding steroid dienone is 2. The lowest BCUT2D eigenvalue weighted by molar-refractivity contribution is -0.228. The van der Waals surface area contributed by atoms with Crippen LogP contribution in [-0.2, 0) is 4.79 Å². The van der Waals surface area contributed by atoms with E-state index in [9.17, 15) is 4.79 Å². The van der Waals surface area contributed by atoms with Crippen LogP contribution in [0.2, 0.25) is 0 Å². The Labute approximate surface area is 244 Å². The number of fused-ring (bicyclic) bond motifs is 7. The second-order valence-electron chi connectivity index (χ2n) is 16.5. The first-order valence-corrected chi connectivity index (χ1v) is 16.3. The lowest BCUT2D eigenvalue weighted by Crippen LogP contribution is -2.66. The van der Waals surface area contributed by atoms with E-state index in [0.717, 1.165) is 35.1 Å². The molecule has 40 heavy (non-hydrogen) atoms. The summed E-state index contributed by atoms with van der Waals surface area (Å²) < 4.78 is 5.38. The number of carbonyl (C=O) groups excluding carboxylic acids is 1. The molecule has 5 aliphatic rings. The molecule has 1 aromatic carbocycles. The van der Waals surface area contributed by atoms with E-state index in [2.05, 4.69) is 73.3 Å². The zero-order chi connectivity index (χ0) is 28.9. The van der Waals surface area contributed by atoms with E-state index >= 15 is 0 Å². The van der Waals surface area contributed by atoms with Crippen LogP contribution in [0.4, 0.5) is 0 Å². The number of benzene rings is 1. The number of hydrogen-bond donors (Lipinski definition) is 0. The van der Waals surface area contributed by atoms with Gasteiger partial charge in [0.2, 0.25) is 0 Å². The molecule has 6 rings (SSSR count). The van der Waals surface area contributed by atoms with Gasteiger partial charge in [0.05, 0.1) is 7.11 Å². The van der Waals surface area contributed by atoms with Crippen molar-refractivity contribution in [3.63, 3.8) is 0 Å². The van der Waals surface area contributed by atoms with Gasteiger partial charge in [-0.2, -0.15) is 0 Å². The zero-order valence-electron chi connectivity index (χ0n) is 26.7. The average Bonchev–Trinajstić information content (AvgIpc) is 3.26. The highest BCUT2D eigenvalue weighted by Gasteiger charge is 2.70. The van der Waals surface area contributed by atoms with Crippen molar-refractivity contribution in [2.75, 3.05) is 7.11 Å². The lowest BCUT2D eigenvalue weighted by atomic mass is 9.32. The third-order valence-corrected chi connectivity index (χ3v) is 14.5. The lowest BCUT2D eigenvalue weighted by Gasteiger charge is -2.72. The van der Waals surface area contributed by atoms with Crippen LogP contribution in [-0.4, -0.2) is 12.9 Å². The van der Waals surface area contributed by atoms with Gasteiger partial charge in [-0.3, -0.25) is 4.79 Å². The Morgan fingerprint density at radius 2 is 1.57 bits per heavy atom. The van der Waals surface area contributed by atoms with Gasteiger partial charge in [-0.15, -0.1) is 0 Å². The summed E-state index contributed by atoms with van der Waals surface area (Å²) in [5, 5.41) is 0. The molecule has 0 amide bonds. The molecule has 0 N–H and O–H groups in total. The fourth-order valence-electron chi connectivity index (χ4n) is 12.4. The Hall–Kier alpha value is -1.83. The second kappa shape index (κ2) is 9.08. The van der Waals surface area contributed by atoms with Crippen molar-refractivity contribution in [2.24, 2.45) is 56.7 Å². The van der Waals surface area contributed by atoms with E-state index in [-0.39, 0.29) is 10.8 Å². The van der Waals surface area contributed by atoms with Crippen molar-refractivity contribution in [2.45, 2.75) is 106 Å². The molecule has 5 aliphatic carbocycles. The third-order valence-electron chi connectivity index (χ3n) is 14.5. The number of ketones is 1. The SMILES string of the molecule is C=C(C)[C@@H]1CC[C@]2(C)CC[C@]3(C)[C@H](CC[C@@H]4[C@]5(C)C/C(=C/c6ccc(OC)cc6)C(=O)C(C)(C)[C@@H]5CC[C@]43C)[C@@H]12. The summed E-state index contributed by atoms with van der Waals surface area (Å²) in [6.07, 6.45) is 13.7. The molecule has 2 heteroatoms. The summed E-state index contributed by atoms with van der Waals surface area (Å²) >= 11 is 0. The first-order valence-electron chi connectivity index (χ1n) is 16.3. The topological polar surface area (TPSA) is 26.3 Å². The van der Waals surface area contributed by atoms with Crippen LogP contribution in [0, 0.1) is 56.7 Å². The molecular formula is C38H54O2. The summed E-state index contributed by atoms with van der Waals surface area (Å²) in [6, 6.07) is 8.20. The molecule has 0 heterocycles. The van der Waals surface area contributed by atoms with E-state index in [0.29, 0.717) is 39.8 Å². The molecule has 218 valence electrons. The molecule has 5 saturated carbocycles. The minimum atomic E-state index is -0.327. The predicted octanol–water partition coefficient (Wildman–Crippen LogP) is 9.94. The number of methoxy groups -OCH3 is 1. The van der Waals surface area contributed by atoms with Gasteiger partial charge in [-0.05, 0) is 145 Å². The van der Waals surface area contributed by atoms with Crippen molar-refractivity contribution < 1.29 is 9.53 Å². The Morgan fingerprint density at radius 1 is 0.875 bits per heavy atom. The number of hydrogen-bond acceptors (Lipinski definition) is 2. The van der Waals surface area contributed by atoms with Gasteiger partial charge in [0, 0.05) is 5.41 Å². The number of rotatable bonds is 3. The van der Waals surface area contributed by atoms with Crippen LogP contribution >= 0.6 is 0 Å². The number of ether oxygens (including phenoxy) is 1. The zero-order valence-corrected chi connectivity index (χ0v) is 26.7. The molecule has 0 aliphatic heterocycles. The molecule has 0 aromatic heterocycles. The van der Waals surface area contributed by atoms with Crippen molar-refractivity contribution in [3.05, 3.63) is 47.6 Å². The Balaban J connectivity index is 1.39. The quantitative estimate of drug-likeness (QED) is 0.281. The highest BCUT2D eigenvalue weighted by Crippen LogP contribution is 2.77. The van der Waals surface area contributed by atoms with Crippen LogP contribution in [0.5, 0.6) is 5.75 Å². The Bertz CT molecular complexity index is 1240. The van der Waals surface area contributed by atoms with Crippen molar-refractivity contribution in [1.82, 2.24) is 0 Å². The van der Waals surface area contributed by atoms with Gasteiger partial charge >= 0.3 is 0 Å². The fraction of sp³-hybridized carbons (Fsp3) is 0.711. The van der Waals surface area contributed by atoms with Gasteiger partial charge in [0.1, 0.15) is 5.75 Å². The summed E-state index contributed by atoms with van der Waals surface area (Å²) in [6.45, 7) is 22.0. The van der Waals surface area contributed by atoms with Crippen LogP contribution < -0.4 is 4.74 Å². The Kier molecular flexibility index (Phi) is 6.43. The molecule has 0 spiro atoms. The summed E-state index contributed by atoms with van der Waals surface area (Å²) in [4.78, 5) is 14.1. The highest BCUT2D eigenvalue weighted by atomic mass is 16.5. The second-order valence-corrected chi connectivity index (χ2v) is 16.5. The number of Topliss-reactive ketones (excluding diaryl/α,β-unsaturated/α-hetero) is 1. The van der Waals surface area contributed by atoms with Gasteiger partial charge in [-0.25, -0.2) is 0 Å². The third kappa shape index (κ3) is 3.69. The van der Waals surface area contributed by atoms with Crippen molar-refractivity contribution in [3.8, 4) is 5.75 Å². The van der Waals surface area contributed by atoms with Crippen molar-refractivity contribution >= 4 is 11.9 Å². The average molecular weight is 543 g/mol. The molecule has 0 bridgehead atoms. The van der Waals surface area contributed by atoms with E-state index < -0.39 is 0 Å². The van der Waals surface area contributed by atoms with Crippen LogP contribution in [0.1, 0.15) is 112 Å². The predicted molar refractivity (Wildman–Crippen MR) is 166 cm³/mol. The normalized spacial score (nSPS) is 46.6. The van der Waals surface area contributed by atoms with E-state index in [4.69, 9.17) is 4.74 Å². The maximum Gasteiger partial charge on any atom is 0.164 e. The van der Waals surface area contributed by atoms with Crippen LogP contribution in [0.25, 0.3) is 6.08 Å². The molecule has 5 fully saturated rings. The first-order chi connectivity index (χ1) is 18.7. The van der Waals surface area contributed by atoms with Gasteiger partial charge in [0.25, 0.3) is 0 Å². The first kappa shape index (κ1) is 28.3. The van der Waals surface area contributed by atoms with Crippen LogP contribution in [0.15, 0.2) is 42.0 Å². The van der Waals surface area contributed by atoms with E-state index in [1.807, 2.05) is 12.1 Å². The summed E-state index contributed by atoms with van der Waals surface area (Å²) in [7, 11) is 1.70. The maximum atomic E-state index is 14.1. The molecule has 2 nitrogen and oxygen atoms in total. The van der Waals surface area contributed by atoms with Crippen LogP contribution in [0.3, 0.4) is 0 Å². The molecule has 0 unspecified atom stereocenters. The minimum Gasteiger partial charge on any atom is -0.497 e. The minimum absolute atomic E-state index is 0.140. The number of carbonyl (C=O) groups is 1. The monoisotopic (exact) mass is 542 g/mol. The summed E-state index contributed by atoms with van der Waals surface area (Å²) in [5.74, 6) is 4.62. The van der Waals surface area contributed by atoms with Gasteiger partial charge in [-0.1, -0.05) is 65.8 Å². The van der Waals surface area contributed by atoms with E-state index in [1.54, 1.807) is 7.11 Å².